The van der Waals surface area contributed by atoms with E-state index in [0.717, 1.165) is 12.7 Å². The van der Waals surface area contributed by atoms with E-state index in [9.17, 15) is 44.4 Å². The number of hydrogen-bond donors (Lipinski definition) is 4. The molecule has 4 aromatic rings. The minimum atomic E-state index is -1.40. The number of rotatable bonds is 12. The number of aliphatic hydroxyl groups is 2. The molecular formula is C46H38N6O14. The van der Waals surface area contributed by atoms with Crippen LogP contribution < -0.4 is 9.80 Å². The van der Waals surface area contributed by atoms with Crippen LogP contribution in [0, 0.1) is 0 Å². The molecule has 66 heavy (non-hydrogen) atoms. The Balaban J connectivity index is 0.000000221. The Kier molecular flexibility index (Phi) is 14.8. The summed E-state index contributed by atoms with van der Waals surface area (Å²) in [6.07, 6.45) is -7.68. The lowest BCUT2D eigenvalue weighted by Crippen LogP contribution is -3.17. The summed E-state index contributed by atoms with van der Waals surface area (Å²) in [5.74, 6) is -0.779. The second kappa shape index (κ2) is 21.2. The number of benzene rings is 4. The normalized spacial score (nSPS) is 26.2. The Morgan fingerprint density at radius 2 is 0.894 bits per heavy atom. The summed E-state index contributed by atoms with van der Waals surface area (Å²) in [7, 11) is 0. The molecule has 0 radical (unpaired) electrons. The minimum Gasteiger partial charge on any atom is -0.761 e. The molecule has 0 aromatic heterocycles. The van der Waals surface area contributed by atoms with Crippen LogP contribution >= 0.6 is 0 Å². The molecular weight excluding hydrogens is 861 g/mol. The summed E-state index contributed by atoms with van der Waals surface area (Å²) >= 11 is 0. The maximum atomic E-state index is 13.1. The molecule has 2 fully saturated rings. The van der Waals surface area contributed by atoms with Gasteiger partial charge in [0.2, 0.25) is 18.6 Å². The van der Waals surface area contributed by atoms with E-state index in [1.54, 1.807) is 121 Å². The largest absolute Gasteiger partial charge is 0.761 e. The fourth-order valence-electron chi connectivity index (χ4n) is 7.03. The zero-order valence-corrected chi connectivity index (χ0v) is 34.3. The summed E-state index contributed by atoms with van der Waals surface area (Å²) in [6, 6.07) is 32.7. The monoisotopic (exact) mass is 898 g/mol. The Labute approximate surface area is 374 Å². The Hall–Kier alpha value is -7.90. The SMILES string of the molecule is [N-]=C=C1N=C[NH+]([C@@H]2O[C@H](COC(=O)c3ccccc3)[C@@H](O)[C@H]2O)C1=O.[N-]=C=C1N=C[NH+]([C@@H]2O[C@H](COC(=O)c3ccccc3)[C@@H](OC(=O)c3ccccc3)[C@H]2OC(=O)c2ccccc2)C1=O. The fourth-order valence-corrected chi connectivity index (χ4v) is 7.03. The summed E-state index contributed by atoms with van der Waals surface area (Å²) < 4.78 is 33.7. The van der Waals surface area contributed by atoms with E-state index in [0.29, 0.717) is 5.56 Å². The van der Waals surface area contributed by atoms with Gasteiger partial charge in [0.1, 0.15) is 31.5 Å². The van der Waals surface area contributed by atoms with Crippen molar-refractivity contribution in [2.45, 2.75) is 49.1 Å². The molecule has 0 aliphatic carbocycles. The van der Waals surface area contributed by atoms with Crippen LogP contribution in [-0.4, -0.2) is 133 Å². The van der Waals surface area contributed by atoms with Gasteiger partial charge in [-0.2, -0.15) is 19.8 Å². The molecule has 4 aliphatic heterocycles. The molecule has 20 heteroatoms. The maximum absolute atomic E-state index is 13.1. The predicted octanol–water partition coefficient (Wildman–Crippen LogP) is -0.538. The molecule has 2 amide bonds. The first-order chi connectivity index (χ1) is 32.0. The molecule has 20 nitrogen and oxygen atoms in total. The van der Waals surface area contributed by atoms with E-state index in [1.165, 1.54) is 12.1 Å². The van der Waals surface area contributed by atoms with Gasteiger partial charge in [0.15, 0.2) is 36.3 Å². The van der Waals surface area contributed by atoms with Crippen LogP contribution in [0.5, 0.6) is 0 Å². The second-order valence-corrected chi connectivity index (χ2v) is 14.6. The van der Waals surface area contributed by atoms with Crippen LogP contribution in [0.25, 0.3) is 10.8 Å². The average molecular weight is 899 g/mol. The van der Waals surface area contributed by atoms with E-state index in [1.807, 2.05) is 0 Å². The lowest BCUT2D eigenvalue weighted by molar-refractivity contribution is -0.777. The predicted molar refractivity (Wildman–Crippen MR) is 227 cm³/mol. The van der Waals surface area contributed by atoms with Crippen LogP contribution in [0.2, 0.25) is 0 Å². The lowest BCUT2D eigenvalue weighted by atomic mass is 10.1. The van der Waals surface area contributed by atoms with Crippen LogP contribution in [0.4, 0.5) is 0 Å². The van der Waals surface area contributed by atoms with Gasteiger partial charge in [0.25, 0.3) is 0 Å². The molecule has 4 N–H and O–H groups in total. The van der Waals surface area contributed by atoms with E-state index in [4.69, 9.17) is 33.8 Å². The van der Waals surface area contributed by atoms with Crippen LogP contribution in [0.1, 0.15) is 41.4 Å². The van der Waals surface area contributed by atoms with Crippen molar-refractivity contribution in [3.8, 4) is 0 Å². The molecule has 8 rings (SSSR count). The number of nitrogens with zero attached hydrogens (tertiary/aromatic N) is 4. The molecule has 0 saturated carbocycles. The molecule has 4 heterocycles. The number of ether oxygens (including phenoxy) is 6. The van der Waals surface area contributed by atoms with E-state index in [2.05, 4.69) is 9.98 Å². The Bertz CT molecular complexity index is 2620. The highest BCUT2D eigenvalue weighted by Crippen LogP contribution is 2.28. The minimum absolute atomic E-state index is 0.0139. The Morgan fingerprint density at radius 3 is 1.30 bits per heavy atom. The van der Waals surface area contributed by atoms with Gasteiger partial charge >= 0.3 is 35.7 Å². The van der Waals surface area contributed by atoms with Crippen molar-refractivity contribution >= 4 is 60.1 Å². The third kappa shape index (κ3) is 10.4. The van der Waals surface area contributed by atoms with E-state index < -0.39 is 91.4 Å². The van der Waals surface area contributed by atoms with Crippen LogP contribution in [0.15, 0.2) is 143 Å². The molecule has 0 spiro atoms. The number of aliphatic imine (C=N–C) groups is 2. The van der Waals surface area contributed by atoms with Gasteiger partial charge in [-0.05, 0) is 48.5 Å². The number of amides is 2. The molecule has 336 valence electrons. The summed E-state index contributed by atoms with van der Waals surface area (Å²) in [4.78, 5) is 83.1. The smallest absolute Gasteiger partial charge is 0.377 e. The number of esters is 4. The van der Waals surface area contributed by atoms with Gasteiger partial charge < -0.3 is 49.5 Å². The van der Waals surface area contributed by atoms with Crippen LogP contribution in [-0.2, 0) is 38.0 Å². The molecule has 10 atom stereocenters. The molecule has 4 aliphatic rings. The molecule has 4 aromatic carbocycles. The van der Waals surface area contributed by atoms with Gasteiger partial charge in [-0.1, -0.05) is 72.8 Å². The van der Waals surface area contributed by atoms with E-state index >= 15 is 0 Å². The summed E-state index contributed by atoms with van der Waals surface area (Å²) in [6.45, 7) is -0.695. The summed E-state index contributed by atoms with van der Waals surface area (Å²) in [5.41, 5.74) is 0.377. The lowest BCUT2D eigenvalue weighted by Gasteiger charge is -2.24. The highest BCUT2D eigenvalue weighted by atomic mass is 16.7. The topological polar surface area (TPSA) is 276 Å². The van der Waals surface area contributed by atoms with Crippen LogP contribution in [0.3, 0.4) is 0 Å². The molecule has 2 unspecified atom stereocenters. The van der Waals surface area contributed by atoms with Gasteiger partial charge in [-0.15, -0.1) is 0 Å². The highest BCUT2D eigenvalue weighted by Gasteiger charge is 2.58. The molecule has 0 bridgehead atoms. The third-order valence-electron chi connectivity index (χ3n) is 10.4. The first-order valence-electron chi connectivity index (χ1n) is 20.1. The number of hydrogen-bond acceptors (Lipinski definition) is 16. The standard InChI is InChI=1S/C30H22N3O8.C16H14N3O6/c31-16-22-26(34)33(18-32-22)27-25(41-30(37)21-14-8-3-9-15-21)24(40-29(36)20-12-6-2-7-13-20)23(39-27)17-38-28(35)19-10-4-1-5-11-19;17-6-10-14(22)19(8-18-10)15-13(21)12(20)11(25-15)7-24-16(23)9-4-2-1-3-5-9/h1-15,18,23-25,27H,17H2;1-5,8,11-13,15,20-21H,7H2/q2*-1/p+2/t23-,24-,25-,27-;11-,12-,13-,15-/m11/s1. The highest BCUT2D eigenvalue weighted by molar-refractivity contribution is 6.03. The molecule has 2 saturated heterocycles. The van der Waals surface area contributed by atoms with Crippen molar-refractivity contribution in [3.05, 3.63) is 166 Å². The maximum Gasteiger partial charge on any atom is 0.377 e. The quantitative estimate of drug-likeness (QED) is 0.0602. The van der Waals surface area contributed by atoms with E-state index in [-0.39, 0.29) is 44.5 Å². The number of nitrogens with one attached hydrogen (secondary N) is 2. The zero-order chi connectivity index (χ0) is 46.7. The van der Waals surface area contributed by atoms with Crippen molar-refractivity contribution in [2.24, 2.45) is 9.98 Å². The van der Waals surface area contributed by atoms with Gasteiger partial charge in [-0.3, -0.25) is 0 Å². The number of carbonyl (C=O) groups excluding carboxylic acids is 6. The first-order valence-corrected chi connectivity index (χ1v) is 20.1. The fraction of sp³-hybridized carbons (Fsp3) is 0.217. The van der Waals surface area contributed by atoms with Crippen molar-refractivity contribution in [2.75, 3.05) is 13.2 Å². The van der Waals surface area contributed by atoms with Crippen molar-refractivity contribution in [3.63, 3.8) is 0 Å². The first kappa shape index (κ1) is 46.1. The number of quaternary nitrogens is 2. The van der Waals surface area contributed by atoms with Gasteiger partial charge in [0, 0.05) is 0 Å². The number of carbonyl (C=O) groups is 6. The van der Waals surface area contributed by atoms with Crippen molar-refractivity contribution in [1.82, 2.24) is 0 Å². The zero-order valence-electron chi connectivity index (χ0n) is 34.3. The average Bonchev–Trinajstić information content (AvgIpc) is 4.10. The Morgan fingerprint density at radius 1 is 0.530 bits per heavy atom. The van der Waals surface area contributed by atoms with Crippen molar-refractivity contribution in [1.29, 1.82) is 0 Å². The van der Waals surface area contributed by atoms with Gasteiger partial charge in [-0.25, -0.2) is 40.5 Å². The van der Waals surface area contributed by atoms with Gasteiger partial charge in [0.05, 0.1) is 22.3 Å². The van der Waals surface area contributed by atoms with Crippen molar-refractivity contribution < 1.29 is 77.2 Å². The second-order valence-electron chi connectivity index (χ2n) is 14.6. The number of aliphatic hydroxyl groups excluding tert-OH is 2. The third-order valence-corrected chi connectivity index (χ3v) is 10.4. The summed E-state index contributed by atoms with van der Waals surface area (Å²) in [5, 5.41) is 38.2.